The Balaban J connectivity index is 2.56. The summed E-state index contributed by atoms with van der Waals surface area (Å²) in [5.41, 5.74) is 2.21. The van der Waals surface area contributed by atoms with Gasteiger partial charge in [-0.1, -0.05) is 12.1 Å². The molecular formula is C10H11FN2. The second-order valence-corrected chi connectivity index (χ2v) is 3.19. The fourth-order valence-electron chi connectivity index (χ4n) is 1.50. The molecule has 0 radical (unpaired) electrons. The van der Waals surface area contributed by atoms with Crippen LogP contribution >= 0.6 is 0 Å². The van der Waals surface area contributed by atoms with Crippen LogP contribution in [0.15, 0.2) is 29.3 Å². The largest absolute Gasteiger partial charge is 0.339 e. The third kappa shape index (κ3) is 1.20. The van der Waals surface area contributed by atoms with Gasteiger partial charge in [0.2, 0.25) is 6.30 Å². The highest BCUT2D eigenvalue weighted by atomic mass is 19.1. The number of benzene rings is 1. The molecule has 0 aromatic heterocycles. The Labute approximate surface area is 76.7 Å². The van der Waals surface area contributed by atoms with E-state index in [2.05, 4.69) is 4.99 Å². The molecule has 1 heterocycles. The molecule has 3 heteroatoms. The molecule has 0 fully saturated rings. The number of fused-ring (bicyclic) bond motifs is 1. The Hall–Kier alpha value is -1.38. The summed E-state index contributed by atoms with van der Waals surface area (Å²) in [4.78, 5) is 5.77. The van der Waals surface area contributed by atoms with Crippen LogP contribution in [-0.4, -0.2) is 19.1 Å². The SMILES string of the molecule is CC1=Nc2ccccc2N(C)C1F. The number of halogens is 1. The second kappa shape index (κ2) is 2.83. The zero-order valence-electron chi connectivity index (χ0n) is 7.66. The van der Waals surface area contributed by atoms with Gasteiger partial charge in [0.25, 0.3) is 0 Å². The van der Waals surface area contributed by atoms with Gasteiger partial charge >= 0.3 is 0 Å². The lowest BCUT2D eigenvalue weighted by Gasteiger charge is -2.28. The standard InChI is InChI=1S/C10H11FN2/c1-7-10(11)13(2)9-6-4-3-5-8(9)12-7/h3-6,10H,1-2H3. The van der Waals surface area contributed by atoms with Crippen LogP contribution in [0.1, 0.15) is 6.92 Å². The summed E-state index contributed by atoms with van der Waals surface area (Å²) in [6.45, 7) is 1.71. The molecule has 0 amide bonds. The smallest absolute Gasteiger partial charge is 0.211 e. The van der Waals surface area contributed by atoms with Crippen molar-refractivity contribution in [2.75, 3.05) is 11.9 Å². The van der Waals surface area contributed by atoms with Gasteiger partial charge in [-0.25, -0.2) is 4.39 Å². The van der Waals surface area contributed by atoms with Crippen molar-refractivity contribution >= 4 is 17.1 Å². The Bertz CT molecular complexity index is 360. The van der Waals surface area contributed by atoms with E-state index in [4.69, 9.17) is 0 Å². The number of hydrogen-bond acceptors (Lipinski definition) is 2. The lowest BCUT2D eigenvalue weighted by Crippen LogP contribution is -2.35. The summed E-state index contributed by atoms with van der Waals surface area (Å²) >= 11 is 0. The third-order valence-corrected chi connectivity index (χ3v) is 2.24. The summed E-state index contributed by atoms with van der Waals surface area (Å²) in [6.07, 6.45) is -1.09. The van der Waals surface area contributed by atoms with Crippen molar-refractivity contribution in [3.63, 3.8) is 0 Å². The molecule has 1 aliphatic heterocycles. The van der Waals surface area contributed by atoms with Crippen LogP contribution in [0, 0.1) is 0 Å². The van der Waals surface area contributed by atoms with E-state index in [-0.39, 0.29) is 0 Å². The topological polar surface area (TPSA) is 15.6 Å². The maximum absolute atomic E-state index is 13.4. The zero-order chi connectivity index (χ0) is 9.42. The van der Waals surface area contributed by atoms with E-state index >= 15 is 0 Å². The average Bonchev–Trinajstić information content (AvgIpc) is 2.15. The van der Waals surface area contributed by atoms with Crippen LogP contribution < -0.4 is 4.90 Å². The van der Waals surface area contributed by atoms with Gasteiger partial charge in [-0.2, -0.15) is 0 Å². The number of alkyl halides is 1. The fourth-order valence-corrected chi connectivity index (χ4v) is 1.50. The van der Waals surface area contributed by atoms with E-state index in [1.807, 2.05) is 24.3 Å². The normalized spacial score (nSPS) is 21.0. The Morgan fingerprint density at radius 2 is 2.08 bits per heavy atom. The predicted octanol–water partition coefficient (Wildman–Crippen LogP) is 2.52. The first kappa shape index (κ1) is 8.23. The van der Waals surface area contributed by atoms with Crippen molar-refractivity contribution < 1.29 is 4.39 Å². The van der Waals surface area contributed by atoms with Gasteiger partial charge in [-0.3, -0.25) is 4.99 Å². The van der Waals surface area contributed by atoms with Crippen molar-refractivity contribution in [2.45, 2.75) is 13.2 Å². The number of nitrogens with zero attached hydrogens (tertiary/aromatic N) is 2. The summed E-state index contributed by atoms with van der Waals surface area (Å²) in [6, 6.07) is 7.55. The molecule has 1 aliphatic rings. The first-order chi connectivity index (χ1) is 6.20. The van der Waals surface area contributed by atoms with Gasteiger partial charge < -0.3 is 4.90 Å². The van der Waals surface area contributed by atoms with E-state index in [1.165, 1.54) is 0 Å². The van der Waals surface area contributed by atoms with Crippen LogP contribution in [0.25, 0.3) is 0 Å². The van der Waals surface area contributed by atoms with Gasteiger partial charge in [-0.05, 0) is 19.1 Å². The minimum atomic E-state index is -1.09. The first-order valence-electron chi connectivity index (χ1n) is 4.21. The van der Waals surface area contributed by atoms with E-state index in [0.29, 0.717) is 5.71 Å². The fraction of sp³-hybridized carbons (Fsp3) is 0.300. The number of hydrogen-bond donors (Lipinski definition) is 0. The Kier molecular flexibility index (Phi) is 1.79. The maximum atomic E-state index is 13.4. The van der Waals surface area contributed by atoms with Crippen molar-refractivity contribution in [3.8, 4) is 0 Å². The van der Waals surface area contributed by atoms with Crippen LogP contribution in [0.2, 0.25) is 0 Å². The third-order valence-electron chi connectivity index (χ3n) is 2.24. The second-order valence-electron chi connectivity index (χ2n) is 3.19. The molecule has 1 atom stereocenters. The molecule has 0 aliphatic carbocycles. The van der Waals surface area contributed by atoms with E-state index < -0.39 is 6.30 Å². The number of anilines is 1. The minimum Gasteiger partial charge on any atom is -0.339 e. The average molecular weight is 178 g/mol. The molecule has 0 spiro atoms. The summed E-state index contributed by atoms with van der Waals surface area (Å²) in [5.74, 6) is 0. The van der Waals surface area contributed by atoms with Crippen LogP contribution in [0.3, 0.4) is 0 Å². The van der Waals surface area contributed by atoms with Gasteiger partial charge in [-0.15, -0.1) is 0 Å². The van der Waals surface area contributed by atoms with Crippen molar-refractivity contribution in [1.29, 1.82) is 0 Å². The molecule has 13 heavy (non-hydrogen) atoms. The maximum Gasteiger partial charge on any atom is 0.211 e. The lowest BCUT2D eigenvalue weighted by molar-refractivity contribution is 0.415. The molecule has 1 aromatic carbocycles. The quantitative estimate of drug-likeness (QED) is 0.557. The predicted molar refractivity (Wildman–Crippen MR) is 52.5 cm³/mol. The monoisotopic (exact) mass is 178 g/mol. The molecule has 0 N–H and O–H groups in total. The highest BCUT2D eigenvalue weighted by Crippen LogP contribution is 2.33. The highest BCUT2D eigenvalue weighted by Gasteiger charge is 2.23. The number of para-hydroxylation sites is 2. The summed E-state index contributed by atoms with van der Waals surface area (Å²) < 4.78 is 13.4. The van der Waals surface area contributed by atoms with E-state index in [1.54, 1.807) is 18.9 Å². The van der Waals surface area contributed by atoms with Crippen molar-refractivity contribution in [3.05, 3.63) is 24.3 Å². The van der Waals surface area contributed by atoms with Crippen LogP contribution in [0.5, 0.6) is 0 Å². The van der Waals surface area contributed by atoms with E-state index in [0.717, 1.165) is 11.4 Å². The molecule has 2 rings (SSSR count). The number of aliphatic imine (C=N–C) groups is 1. The van der Waals surface area contributed by atoms with Gasteiger partial charge in [0.05, 0.1) is 17.1 Å². The zero-order valence-corrected chi connectivity index (χ0v) is 7.66. The molecule has 0 bridgehead atoms. The Morgan fingerprint density at radius 3 is 2.85 bits per heavy atom. The van der Waals surface area contributed by atoms with Crippen molar-refractivity contribution in [1.82, 2.24) is 0 Å². The van der Waals surface area contributed by atoms with Gasteiger partial charge in [0, 0.05) is 7.05 Å². The van der Waals surface area contributed by atoms with Crippen LogP contribution in [-0.2, 0) is 0 Å². The number of rotatable bonds is 0. The van der Waals surface area contributed by atoms with Crippen LogP contribution in [0.4, 0.5) is 15.8 Å². The highest BCUT2D eigenvalue weighted by molar-refractivity contribution is 5.95. The first-order valence-corrected chi connectivity index (χ1v) is 4.21. The molecule has 68 valence electrons. The lowest BCUT2D eigenvalue weighted by atomic mass is 10.2. The molecular weight excluding hydrogens is 167 g/mol. The Morgan fingerprint density at radius 1 is 1.38 bits per heavy atom. The van der Waals surface area contributed by atoms with Gasteiger partial charge in [0.1, 0.15) is 0 Å². The summed E-state index contributed by atoms with van der Waals surface area (Å²) in [5, 5.41) is 0. The molecule has 2 nitrogen and oxygen atoms in total. The minimum absolute atomic E-state index is 0.515. The molecule has 0 saturated carbocycles. The molecule has 1 aromatic rings. The summed E-state index contributed by atoms with van der Waals surface area (Å²) in [7, 11) is 1.74. The molecule has 0 saturated heterocycles. The molecule has 1 unspecified atom stereocenters. The van der Waals surface area contributed by atoms with Gasteiger partial charge in [0.15, 0.2) is 0 Å². The van der Waals surface area contributed by atoms with E-state index in [9.17, 15) is 4.39 Å². The van der Waals surface area contributed by atoms with Crippen molar-refractivity contribution in [2.24, 2.45) is 4.99 Å².